The fourth-order valence-corrected chi connectivity index (χ4v) is 2.46. The maximum atomic E-state index is 13.0. The number of esters is 1. The number of ether oxygens (including phenoxy) is 1. The highest BCUT2D eigenvalue weighted by Crippen LogP contribution is 2.23. The van der Waals surface area contributed by atoms with E-state index in [1.807, 2.05) is 34.6 Å². The van der Waals surface area contributed by atoms with Gasteiger partial charge in [0.05, 0.1) is 12.6 Å². The van der Waals surface area contributed by atoms with Crippen molar-refractivity contribution < 1.29 is 19.1 Å². The maximum absolute atomic E-state index is 13.0. The molecule has 2 radical (unpaired) electrons. The number of amides is 2. The van der Waals surface area contributed by atoms with Gasteiger partial charge in [0, 0.05) is 12.6 Å². The maximum Gasteiger partial charge on any atom is 0.333 e. The molecule has 0 aliphatic rings. The Morgan fingerprint density at radius 1 is 1.24 bits per heavy atom. The van der Waals surface area contributed by atoms with Crippen molar-refractivity contribution in [3.63, 3.8) is 0 Å². The first kappa shape index (κ1) is 23.2. The van der Waals surface area contributed by atoms with Crippen LogP contribution in [-0.4, -0.2) is 56.2 Å². The van der Waals surface area contributed by atoms with Crippen LogP contribution in [0, 0.1) is 11.3 Å². The first-order valence-corrected chi connectivity index (χ1v) is 8.51. The van der Waals surface area contributed by atoms with Crippen LogP contribution in [0.4, 0.5) is 4.79 Å². The summed E-state index contributed by atoms with van der Waals surface area (Å²) in [6.45, 7) is 13.2. The van der Waals surface area contributed by atoms with Crippen molar-refractivity contribution in [2.75, 3.05) is 13.7 Å². The average molecular weight is 350 g/mol. The standard InChI is InChI=1S/C18H31BN2O4/c1-9-25-16(23)12(4)10-13(11(2)3)21(8)15(22)14(18(5,6)7)20-17(19)24/h10-11,13-14H,9H2,1-8H3,(H,20,24)/b12-10+/t13-,14-/m1/s1. The normalized spacial score (nSPS) is 14.7. The molecule has 0 aromatic carbocycles. The average Bonchev–Trinajstić information content (AvgIpc) is 2.47. The van der Waals surface area contributed by atoms with E-state index in [4.69, 9.17) is 12.6 Å². The van der Waals surface area contributed by atoms with Crippen LogP contribution in [-0.2, 0) is 14.3 Å². The van der Waals surface area contributed by atoms with Gasteiger partial charge in [0.2, 0.25) is 13.8 Å². The first-order valence-electron chi connectivity index (χ1n) is 8.51. The van der Waals surface area contributed by atoms with Gasteiger partial charge in [-0.15, -0.1) is 0 Å². The monoisotopic (exact) mass is 350 g/mol. The summed E-state index contributed by atoms with van der Waals surface area (Å²) in [6, 6.07) is -1.09. The molecule has 6 nitrogen and oxygen atoms in total. The molecule has 2 atom stereocenters. The Morgan fingerprint density at radius 2 is 1.76 bits per heavy atom. The molecule has 2 amide bonds. The van der Waals surface area contributed by atoms with Gasteiger partial charge < -0.3 is 15.0 Å². The zero-order valence-electron chi connectivity index (χ0n) is 16.7. The van der Waals surface area contributed by atoms with Gasteiger partial charge in [-0.05, 0) is 25.2 Å². The van der Waals surface area contributed by atoms with Crippen molar-refractivity contribution in [1.29, 1.82) is 0 Å². The van der Waals surface area contributed by atoms with Gasteiger partial charge in [0.1, 0.15) is 6.04 Å². The van der Waals surface area contributed by atoms with Gasteiger partial charge in [-0.3, -0.25) is 9.59 Å². The third-order valence-corrected chi connectivity index (χ3v) is 3.90. The molecule has 0 unspecified atom stereocenters. The molecule has 25 heavy (non-hydrogen) atoms. The minimum absolute atomic E-state index is 0.0625. The van der Waals surface area contributed by atoms with E-state index in [1.165, 1.54) is 0 Å². The van der Waals surface area contributed by atoms with Crippen LogP contribution >= 0.6 is 0 Å². The summed E-state index contributed by atoms with van der Waals surface area (Å²) in [5, 5.41) is 2.53. The van der Waals surface area contributed by atoms with Crippen LogP contribution in [0.15, 0.2) is 11.6 Å². The zero-order valence-corrected chi connectivity index (χ0v) is 16.7. The molecule has 0 spiro atoms. The third kappa shape index (κ3) is 7.32. The molecule has 0 fully saturated rings. The van der Waals surface area contributed by atoms with Crippen molar-refractivity contribution in [3.05, 3.63) is 11.6 Å². The SMILES string of the molecule is [B]C(=O)N[C@H](C(=O)N(C)[C@H](/C=C(\C)C(=O)OCC)C(C)C)C(C)(C)C. The molecular weight excluding hydrogens is 319 g/mol. The van der Waals surface area contributed by atoms with Crippen LogP contribution in [0.5, 0.6) is 0 Å². The second-order valence-electron chi connectivity index (χ2n) is 7.56. The van der Waals surface area contributed by atoms with Gasteiger partial charge in [0.25, 0.3) is 0 Å². The summed E-state index contributed by atoms with van der Waals surface area (Å²) < 4.78 is 4.99. The summed E-state index contributed by atoms with van der Waals surface area (Å²) in [4.78, 5) is 37.7. The Balaban J connectivity index is 5.61. The van der Waals surface area contributed by atoms with E-state index in [9.17, 15) is 14.4 Å². The highest BCUT2D eigenvalue weighted by molar-refractivity contribution is 6.57. The van der Waals surface area contributed by atoms with Gasteiger partial charge in [-0.1, -0.05) is 40.7 Å². The van der Waals surface area contributed by atoms with E-state index >= 15 is 0 Å². The summed E-state index contributed by atoms with van der Waals surface area (Å²) in [6.07, 6.45) is 1.73. The van der Waals surface area contributed by atoms with Crippen LogP contribution in [0.25, 0.3) is 0 Å². The van der Waals surface area contributed by atoms with E-state index in [1.54, 1.807) is 31.9 Å². The molecule has 0 heterocycles. The molecule has 7 heteroatoms. The van der Waals surface area contributed by atoms with Crippen molar-refractivity contribution in [1.82, 2.24) is 10.2 Å². The number of nitrogens with one attached hydrogen (secondary N) is 1. The predicted octanol–water partition coefficient (Wildman–Crippen LogP) is 2.27. The van der Waals surface area contributed by atoms with Crippen molar-refractivity contribution in [3.8, 4) is 0 Å². The van der Waals surface area contributed by atoms with Crippen LogP contribution in [0.3, 0.4) is 0 Å². The lowest BCUT2D eigenvalue weighted by atomic mass is 9.84. The van der Waals surface area contributed by atoms with E-state index in [-0.39, 0.29) is 17.9 Å². The van der Waals surface area contributed by atoms with E-state index < -0.39 is 23.2 Å². The Labute approximate surface area is 152 Å². The largest absolute Gasteiger partial charge is 0.463 e. The molecule has 0 saturated carbocycles. The number of carbonyl (C=O) groups is 3. The van der Waals surface area contributed by atoms with Crippen LogP contribution in [0.1, 0.15) is 48.5 Å². The molecule has 0 aliphatic carbocycles. The summed E-state index contributed by atoms with van der Waals surface area (Å²) in [5.41, 5.74) is -0.0719. The Bertz CT molecular complexity index is 524. The van der Waals surface area contributed by atoms with Crippen molar-refractivity contribution in [2.45, 2.75) is 60.5 Å². The number of rotatable bonds is 7. The third-order valence-electron chi connectivity index (χ3n) is 3.90. The highest BCUT2D eigenvalue weighted by atomic mass is 16.5. The van der Waals surface area contributed by atoms with E-state index in [0.717, 1.165) is 0 Å². The van der Waals surface area contributed by atoms with Crippen LogP contribution < -0.4 is 5.32 Å². The number of carbonyl (C=O) groups excluding carboxylic acids is 3. The predicted molar refractivity (Wildman–Crippen MR) is 99.3 cm³/mol. The second-order valence-corrected chi connectivity index (χ2v) is 7.56. The zero-order chi connectivity index (χ0) is 19.9. The first-order chi connectivity index (χ1) is 11.3. The molecule has 140 valence electrons. The molecule has 1 N–H and O–H groups in total. The Kier molecular flexibility index (Phi) is 8.95. The number of hydrogen-bond donors (Lipinski definition) is 1. The minimum atomic E-state index is -0.771. The second kappa shape index (κ2) is 9.63. The minimum Gasteiger partial charge on any atom is -0.463 e. The lowest BCUT2D eigenvalue weighted by Crippen LogP contribution is -2.56. The fraction of sp³-hybridized carbons (Fsp3) is 0.722. The topological polar surface area (TPSA) is 75.7 Å². The summed E-state index contributed by atoms with van der Waals surface area (Å²) in [7, 11) is 6.88. The quantitative estimate of drug-likeness (QED) is 0.434. The lowest BCUT2D eigenvalue weighted by Gasteiger charge is -2.37. The molecule has 0 rings (SSSR count). The summed E-state index contributed by atoms with van der Waals surface area (Å²) >= 11 is 0. The molecular formula is C18H31BN2O4. The van der Waals surface area contributed by atoms with E-state index in [0.29, 0.717) is 12.2 Å². The fourth-order valence-electron chi connectivity index (χ4n) is 2.46. The Morgan fingerprint density at radius 3 is 2.12 bits per heavy atom. The van der Waals surface area contributed by atoms with Crippen molar-refractivity contribution in [2.24, 2.45) is 11.3 Å². The van der Waals surface area contributed by atoms with Gasteiger partial charge >= 0.3 is 5.97 Å². The molecule has 0 aromatic heterocycles. The summed E-state index contributed by atoms with van der Waals surface area (Å²) in [5.74, 6) is -1.36. The molecule has 0 saturated heterocycles. The highest BCUT2D eigenvalue weighted by Gasteiger charge is 2.36. The van der Waals surface area contributed by atoms with Crippen LogP contribution in [0.2, 0.25) is 0 Å². The van der Waals surface area contributed by atoms with Crippen molar-refractivity contribution >= 4 is 25.5 Å². The molecule has 0 aliphatic heterocycles. The van der Waals surface area contributed by atoms with Gasteiger partial charge in [-0.25, -0.2) is 4.79 Å². The van der Waals surface area contributed by atoms with Gasteiger partial charge in [-0.2, -0.15) is 0 Å². The molecule has 0 bridgehead atoms. The number of nitrogens with zero attached hydrogens (tertiary/aromatic N) is 1. The van der Waals surface area contributed by atoms with Gasteiger partial charge in [0.15, 0.2) is 5.81 Å². The molecule has 0 aromatic rings. The Hall–Kier alpha value is -1.79. The van der Waals surface area contributed by atoms with E-state index in [2.05, 4.69) is 5.32 Å². The number of likely N-dealkylation sites (N-methyl/N-ethyl adjacent to an activating group) is 1. The smallest absolute Gasteiger partial charge is 0.333 e. The number of hydrogen-bond acceptors (Lipinski definition) is 4. The lowest BCUT2D eigenvalue weighted by molar-refractivity contribution is -0.139.